The summed E-state index contributed by atoms with van der Waals surface area (Å²) in [7, 11) is 4.33. The Bertz CT molecular complexity index is 257. The fourth-order valence-corrected chi connectivity index (χ4v) is 3.81. The third kappa shape index (κ3) is 7.84. The van der Waals surface area contributed by atoms with Crippen molar-refractivity contribution in [1.29, 1.82) is 0 Å². The maximum absolute atomic E-state index is 3.45. The highest BCUT2D eigenvalue weighted by atomic mass is 32.2. The summed E-state index contributed by atoms with van der Waals surface area (Å²) in [6, 6.07) is 0.674. The van der Waals surface area contributed by atoms with Gasteiger partial charge in [-0.25, -0.2) is 4.31 Å². The molecule has 4 nitrogen and oxygen atoms in total. The van der Waals surface area contributed by atoms with Crippen molar-refractivity contribution in [2.45, 2.75) is 44.9 Å². The molecule has 0 bridgehead atoms. The van der Waals surface area contributed by atoms with E-state index in [1.165, 1.54) is 39.0 Å². The van der Waals surface area contributed by atoms with Gasteiger partial charge in [0.05, 0.1) is 0 Å². The van der Waals surface area contributed by atoms with Crippen LogP contribution in [0.25, 0.3) is 0 Å². The molecule has 1 aliphatic heterocycles. The lowest BCUT2D eigenvalue weighted by Crippen LogP contribution is -2.56. The summed E-state index contributed by atoms with van der Waals surface area (Å²) in [6.45, 7) is 15.1. The van der Waals surface area contributed by atoms with E-state index >= 15 is 0 Å². The van der Waals surface area contributed by atoms with Gasteiger partial charge >= 0.3 is 0 Å². The van der Waals surface area contributed by atoms with Gasteiger partial charge in [0, 0.05) is 50.6 Å². The van der Waals surface area contributed by atoms with Gasteiger partial charge in [0.2, 0.25) is 0 Å². The van der Waals surface area contributed by atoms with Crippen LogP contribution < -0.4 is 5.32 Å². The third-order valence-electron chi connectivity index (χ3n) is 4.05. The molecule has 0 aromatic heterocycles. The zero-order chi connectivity index (χ0) is 15.7. The lowest BCUT2D eigenvalue weighted by Gasteiger charge is -2.44. The lowest BCUT2D eigenvalue weighted by atomic mass is 10.1. The molecule has 0 saturated carbocycles. The monoisotopic (exact) mass is 316 g/mol. The Labute approximate surface area is 136 Å². The molecule has 21 heavy (non-hydrogen) atoms. The highest BCUT2D eigenvalue weighted by molar-refractivity contribution is 7.97. The molecule has 0 amide bonds. The van der Waals surface area contributed by atoms with Crippen molar-refractivity contribution in [3.63, 3.8) is 0 Å². The summed E-state index contributed by atoms with van der Waals surface area (Å²) in [4.78, 5) is 4.88. The van der Waals surface area contributed by atoms with Crippen LogP contribution in [0.2, 0.25) is 0 Å². The molecule has 0 aromatic rings. The summed E-state index contributed by atoms with van der Waals surface area (Å²) in [5.74, 6) is 0. The maximum Gasteiger partial charge on any atom is 0.0449 e. The normalized spacial score (nSPS) is 18.4. The Balaban J connectivity index is 2.23. The highest BCUT2D eigenvalue weighted by Crippen LogP contribution is 2.27. The van der Waals surface area contributed by atoms with E-state index < -0.39 is 0 Å². The zero-order valence-corrected chi connectivity index (χ0v) is 15.6. The Morgan fingerprint density at radius 3 is 2.48 bits per heavy atom. The van der Waals surface area contributed by atoms with Gasteiger partial charge in [0.15, 0.2) is 0 Å². The predicted molar refractivity (Wildman–Crippen MR) is 96.0 cm³/mol. The molecule has 0 aromatic carbocycles. The molecule has 1 rings (SSSR count). The van der Waals surface area contributed by atoms with E-state index in [0.717, 1.165) is 24.9 Å². The highest BCUT2D eigenvalue weighted by Gasteiger charge is 2.31. The van der Waals surface area contributed by atoms with E-state index in [0.29, 0.717) is 6.04 Å². The minimum absolute atomic E-state index is 0.674. The first-order chi connectivity index (χ1) is 10.1. The number of nitrogens with zero attached hydrogens (tertiary/aromatic N) is 3. The van der Waals surface area contributed by atoms with Crippen molar-refractivity contribution in [1.82, 2.24) is 19.4 Å². The average molecular weight is 317 g/mol. The second-order valence-electron chi connectivity index (χ2n) is 6.42. The molecule has 1 atom stereocenters. The van der Waals surface area contributed by atoms with Crippen LogP contribution in [0.5, 0.6) is 0 Å². The fourth-order valence-electron chi connectivity index (χ4n) is 2.45. The summed E-state index contributed by atoms with van der Waals surface area (Å²) in [6.07, 6.45) is 2.60. The molecule has 126 valence electrons. The third-order valence-corrected chi connectivity index (χ3v) is 5.30. The molecule has 1 saturated heterocycles. The zero-order valence-electron chi connectivity index (χ0n) is 14.8. The number of nitrogens with one attached hydrogen (secondary N) is 1. The van der Waals surface area contributed by atoms with Crippen molar-refractivity contribution in [2.75, 3.05) is 59.9 Å². The SMILES string of the molecule is CCCCN(CCN(C)C)SC1CN([C@@H](C)CNCC)C1. The Hall–Kier alpha value is 0.190. The largest absolute Gasteiger partial charge is 0.315 e. The molecule has 1 fully saturated rings. The minimum atomic E-state index is 0.674. The van der Waals surface area contributed by atoms with Crippen LogP contribution in [0.15, 0.2) is 0 Å². The van der Waals surface area contributed by atoms with Gasteiger partial charge in [-0.05, 0) is 34.0 Å². The summed E-state index contributed by atoms with van der Waals surface area (Å²) < 4.78 is 2.60. The number of hydrogen-bond acceptors (Lipinski definition) is 5. The second-order valence-corrected chi connectivity index (χ2v) is 7.82. The van der Waals surface area contributed by atoms with Gasteiger partial charge in [-0.1, -0.05) is 32.2 Å². The van der Waals surface area contributed by atoms with Crippen LogP contribution in [0, 0.1) is 0 Å². The van der Waals surface area contributed by atoms with Crippen molar-refractivity contribution >= 4 is 11.9 Å². The van der Waals surface area contributed by atoms with Crippen LogP contribution in [0.3, 0.4) is 0 Å². The van der Waals surface area contributed by atoms with Gasteiger partial charge in [0.1, 0.15) is 0 Å². The van der Waals surface area contributed by atoms with Crippen LogP contribution in [-0.2, 0) is 0 Å². The first-order valence-corrected chi connectivity index (χ1v) is 9.41. The van der Waals surface area contributed by atoms with Gasteiger partial charge < -0.3 is 10.2 Å². The van der Waals surface area contributed by atoms with E-state index in [4.69, 9.17) is 0 Å². The Morgan fingerprint density at radius 2 is 1.90 bits per heavy atom. The number of hydrogen-bond donors (Lipinski definition) is 1. The first-order valence-electron chi connectivity index (χ1n) is 8.58. The van der Waals surface area contributed by atoms with Crippen molar-refractivity contribution < 1.29 is 0 Å². The summed E-state index contributed by atoms with van der Waals surface area (Å²) >= 11 is 2.10. The number of unbranched alkanes of at least 4 members (excludes halogenated alkanes) is 1. The number of likely N-dealkylation sites (tertiary alicyclic amines) is 1. The van der Waals surface area contributed by atoms with Crippen LogP contribution >= 0.6 is 11.9 Å². The van der Waals surface area contributed by atoms with Crippen LogP contribution in [-0.4, -0.2) is 85.3 Å². The number of likely N-dealkylation sites (N-methyl/N-ethyl adjacent to an activating group) is 2. The Kier molecular flexibility index (Phi) is 9.93. The predicted octanol–water partition coefficient (Wildman–Crippen LogP) is 1.98. The molecule has 1 heterocycles. The molecule has 0 radical (unpaired) electrons. The smallest absolute Gasteiger partial charge is 0.0449 e. The number of rotatable bonds is 12. The van der Waals surface area contributed by atoms with Gasteiger partial charge in [0.25, 0.3) is 0 Å². The maximum atomic E-state index is 3.45. The van der Waals surface area contributed by atoms with E-state index in [-0.39, 0.29) is 0 Å². The molecular weight excluding hydrogens is 280 g/mol. The fraction of sp³-hybridized carbons (Fsp3) is 1.00. The Morgan fingerprint density at radius 1 is 1.19 bits per heavy atom. The van der Waals surface area contributed by atoms with Crippen molar-refractivity contribution in [3.8, 4) is 0 Å². The van der Waals surface area contributed by atoms with Crippen LogP contribution in [0.1, 0.15) is 33.6 Å². The molecule has 1 aliphatic rings. The molecule has 0 aliphatic carbocycles. The quantitative estimate of drug-likeness (QED) is 0.554. The summed E-state index contributed by atoms with van der Waals surface area (Å²) in [5, 5.41) is 4.25. The van der Waals surface area contributed by atoms with E-state index in [9.17, 15) is 0 Å². The minimum Gasteiger partial charge on any atom is -0.315 e. The lowest BCUT2D eigenvalue weighted by molar-refractivity contribution is 0.133. The molecule has 0 unspecified atom stereocenters. The standard InChI is InChI=1S/C16H36N4S/c1-6-8-9-20(11-10-18(4)5)21-16-13-19(14-16)15(3)12-17-7-2/h15-17H,6-14H2,1-5H3/t15-/m0/s1. The van der Waals surface area contributed by atoms with Crippen molar-refractivity contribution in [3.05, 3.63) is 0 Å². The topological polar surface area (TPSA) is 21.8 Å². The average Bonchev–Trinajstić information content (AvgIpc) is 2.41. The van der Waals surface area contributed by atoms with Crippen molar-refractivity contribution in [2.24, 2.45) is 0 Å². The van der Waals surface area contributed by atoms with Gasteiger partial charge in [-0.15, -0.1) is 0 Å². The molecule has 0 spiro atoms. The molecule has 1 N–H and O–H groups in total. The van der Waals surface area contributed by atoms with Gasteiger partial charge in [-0.3, -0.25) is 4.90 Å². The summed E-state index contributed by atoms with van der Waals surface area (Å²) in [5.41, 5.74) is 0. The van der Waals surface area contributed by atoms with E-state index in [1.54, 1.807) is 0 Å². The molecule has 5 heteroatoms. The van der Waals surface area contributed by atoms with E-state index in [2.05, 4.69) is 66.2 Å². The van der Waals surface area contributed by atoms with Gasteiger partial charge in [-0.2, -0.15) is 0 Å². The first kappa shape index (κ1) is 19.2. The second kappa shape index (κ2) is 10.8. The molecular formula is C16H36N4S. The van der Waals surface area contributed by atoms with Crippen LogP contribution in [0.4, 0.5) is 0 Å². The van der Waals surface area contributed by atoms with E-state index in [1.807, 2.05) is 0 Å².